The molecule has 9 heteroatoms. The highest BCUT2D eigenvalue weighted by atomic mass is 16.5. The van der Waals surface area contributed by atoms with Crippen LogP contribution in [0.3, 0.4) is 0 Å². The minimum Gasteiger partial charge on any atom is -0.497 e. The fourth-order valence-electron chi connectivity index (χ4n) is 4.66. The molecule has 3 heterocycles. The lowest BCUT2D eigenvalue weighted by Crippen LogP contribution is -2.30. The van der Waals surface area contributed by atoms with Gasteiger partial charge in [0.2, 0.25) is 5.88 Å². The number of amides is 1. The van der Waals surface area contributed by atoms with Gasteiger partial charge in [-0.2, -0.15) is 15.0 Å². The average Bonchev–Trinajstić information content (AvgIpc) is 3.56. The van der Waals surface area contributed by atoms with Crippen LogP contribution < -0.4 is 9.47 Å². The molecule has 0 spiro atoms. The standard InChI is InChI=1S/C24H26N6O3/c1-4-33-23-22(28-15(2)12-25-23)16-9-17-13-29(14-18(17)10-16)24(31)20-6-5-19(32-3)11-21(20)30-26-7-8-27-30/h5-9,11-12,17-18H,4,10,13-14H2,1-3H3. The summed E-state index contributed by atoms with van der Waals surface area (Å²) in [4.78, 5) is 26.0. The number of methoxy groups -OCH3 is 1. The second-order valence-electron chi connectivity index (χ2n) is 8.33. The van der Waals surface area contributed by atoms with Gasteiger partial charge >= 0.3 is 0 Å². The monoisotopic (exact) mass is 446 g/mol. The van der Waals surface area contributed by atoms with Gasteiger partial charge in [0.15, 0.2) is 0 Å². The van der Waals surface area contributed by atoms with Gasteiger partial charge in [0, 0.05) is 19.2 Å². The smallest absolute Gasteiger partial charge is 0.256 e. The zero-order valence-electron chi connectivity index (χ0n) is 18.9. The fraction of sp³-hybridized carbons (Fsp3) is 0.375. The summed E-state index contributed by atoms with van der Waals surface area (Å²) >= 11 is 0. The molecule has 0 saturated carbocycles. The topological polar surface area (TPSA) is 95.3 Å². The van der Waals surface area contributed by atoms with E-state index in [4.69, 9.17) is 14.5 Å². The molecule has 1 fully saturated rings. The quantitative estimate of drug-likeness (QED) is 0.574. The Balaban J connectivity index is 1.38. The molecule has 0 bridgehead atoms. The third-order valence-corrected chi connectivity index (χ3v) is 6.19. The Bertz CT molecular complexity index is 1210. The normalized spacial score (nSPS) is 19.4. The molecule has 1 aromatic carbocycles. The van der Waals surface area contributed by atoms with Gasteiger partial charge in [0.05, 0.1) is 43.6 Å². The highest BCUT2D eigenvalue weighted by Crippen LogP contribution is 2.42. The summed E-state index contributed by atoms with van der Waals surface area (Å²) in [7, 11) is 1.60. The van der Waals surface area contributed by atoms with Crippen molar-refractivity contribution >= 4 is 11.5 Å². The SMILES string of the molecule is CCOc1ncc(C)nc1C1=CC2CN(C(=O)c3ccc(OC)cc3-n3nccn3)CC2C1. The number of benzene rings is 1. The number of likely N-dealkylation sites (tertiary alicyclic amines) is 1. The molecular formula is C24H26N6O3. The van der Waals surface area contributed by atoms with Crippen molar-refractivity contribution in [3.05, 3.63) is 59.8 Å². The van der Waals surface area contributed by atoms with E-state index in [2.05, 4.69) is 21.3 Å². The van der Waals surface area contributed by atoms with Crippen LogP contribution in [0.15, 0.2) is 42.9 Å². The van der Waals surface area contributed by atoms with Crippen LogP contribution in [-0.2, 0) is 0 Å². The zero-order chi connectivity index (χ0) is 22.9. The Hall–Kier alpha value is -3.75. The van der Waals surface area contributed by atoms with Crippen LogP contribution in [0.1, 0.15) is 35.1 Å². The highest BCUT2D eigenvalue weighted by Gasteiger charge is 2.40. The fourth-order valence-corrected chi connectivity index (χ4v) is 4.66. The molecule has 1 aliphatic heterocycles. The summed E-state index contributed by atoms with van der Waals surface area (Å²) in [5.74, 6) is 1.83. The molecule has 1 aliphatic carbocycles. The van der Waals surface area contributed by atoms with Gasteiger partial charge in [-0.25, -0.2) is 9.97 Å². The van der Waals surface area contributed by atoms with E-state index in [0.29, 0.717) is 48.5 Å². The minimum absolute atomic E-state index is 0.0281. The number of carbonyl (C=O) groups is 1. The van der Waals surface area contributed by atoms with Gasteiger partial charge in [-0.1, -0.05) is 6.08 Å². The molecular weight excluding hydrogens is 420 g/mol. The van der Waals surface area contributed by atoms with Gasteiger partial charge in [-0.15, -0.1) is 0 Å². The number of aromatic nitrogens is 5. The number of aryl methyl sites for hydroxylation is 1. The first kappa shape index (κ1) is 21.1. The molecule has 2 aliphatic rings. The van der Waals surface area contributed by atoms with Crippen LogP contribution >= 0.6 is 0 Å². The highest BCUT2D eigenvalue weighted by molar-refractivity contribution is 5.98. The van der Waals surface area contributed by atoms with E-state index in [1.54, 1.807) is 43.9 Å². The van der Waals surface area contributed by atoms with Gasteiger partial charge in [-0.3, -0.25) is 4.79 Å². The lowest BCUT2D eigenvalue weighted by Gasteiger charge is -2.19. The summed E-state index contributed by atoms with van der Waals surface area (Å²) in [6.45, 7) is 5.77. The predicted molar refractivity (Wildman–Crippen MR) is 121 cm³/mol. The van der Waals surface area contributed by atoms with E-state index < -0.39 is 0 Å². The largest absolute Gasteiger partial charge is 0.497 e. The van der Waals surface area contributed by atoms with E-state index in [1.807, 2.05) is 18.7 Å². The summed E-state index contributed by atoms with van der Waals surface area (Å²) in [5.41, 5.74) is 4.00. The molecule has 0 radical (unpaired) electrons. The van der Waals surface area contributed by atoms with Crippen molar-refractivity contribution in [3.8, 4) is 17.3 Å². The predicted octanol–water partition coefficient (Wildman–Crippen LogP) is 2.95. The number of allylic oxidation sites excluding steroid dienone is 1. The molecule has 5 rings (SSSR count). The van der Waals surface area contributed by atoms with Crippen LogP contribution in [0.4, 0.5) is 0 Å². The van der Waals surface area contributed by atoms with Crippen LogP contribution in [0.5, 0.6) is 11.6 Å². The number of ether oxygens (including phenoxy) is 2. The second-order valence-corrected chi connectivity index (χ2v) is 8.33. The van der Waals surface area contributed by atoms with Crippen molar-refractivity contribution in [2.45, 2.75) is 20.3 Å². The van der Waals surface area contributed by atoms with E-state index in [-0.39, 0.29) is 11.8 Å². The molecule has 1 saturated heterocycles. The van der Waals surface area contributed by atoms with Crippen molar-refractivity contribution in [3.63, 3.8) is 0 Å². The number of nitrogens with zero attached hydrogens (tertiary/aromatic N) is 6. The molecule has 2 atom stereocenters. The van der Waals surface area contributed by atoms with E-state index in [9.17, 15) is 4.79 Å². The van der Waals surface area contributed by atoms with Gasteiger partial charge in [-0.05, 0) is 49.8 Å². The Morgan fingerprint density at radius 2 is 2.03 bits per heavy atom. The van der Waals surface area contributed by atoms with Crippen LogP contribution in [0.2, 0.25) is 0 Å². The van der Waals surface area contributed by atoms with E-state index in [0.717, 1.165) is 23.4 Å². The maximum absolute atomic E-state index is 13.5. The first-order valence-electron chi connectivity index (χ1n) is 11.1. The molecule has 0 N–H and O–H groups in total. The first-order chi connectivity index (χ1) is 16.1. The maximum Gasteiger partial charge on any atom is 0.256 e. The van der Waals surface area contributed by atoms with E-state index in [1.165, 1.54) is 4.80 Å². The summed E-state index contributed by atoms with van der Waals surface area (Å²) in [5, 5.41) is 8.42. The Labute approximate surface area is 192 Å². The first-order valence-corrected chi connectivity index (χ1v) is 11.1. The number of fused-ring (bicyclic) bond motifs is 1. The molecule has 170 valence electrons. The van der Waals surface area contributed by atoms with E-state index >= 15 is 0 Å². The van der Waals surface area contributed by atoms with Crippen molar-refractivity contribution in [1.82, 2.24) is 29.9 Å². The Kier molecular flexibility index (Phi) is 5.53. The summed E-state index contributed by atoms with van der Waals surface area (Å²) < 4.78 is 11.0. The summed E-state index contributed by atoms with van der Waals surface area (Å²) in [6.07, 6.45) is 8.00. The third kappa shape index (κ3) is 3.94. The number of rotatable bonds is 6. The van der Waals surface area contributed by atoms with Crippen molar-refractivity contribution in [2.24, 2.45) is 11.8 Å². The van der Waals surface area contributed by atoms with Crippen LogP contribution in [0.25, 0.3) is 11.3 Å². The van der Waals surface area contributed by atoms with Gasteiger partial charge in [0.1, 0.15) is 17.1 Å². The van der Waals surface area contributed by atoms with Gasteiger partial charge < -0.3 is 14.4 Å². The van der Waals surface area contributed by atoms with Crippen molar-refractivity contribution in [2.75, 3.05) is 26.8 Å². The third-order valence-electron chi connectivity index (χ3n) is 6.19. The number of carbonyl (C=O) groups excluding carboxylic acids is 1. The van der Waals surface area contributed by atoms with Crippen molar-refractivity contribution < 1.29 is 14.3 Å². The second kappa shape index (κ2) is 8.65. The molecule has 33 heavy (non-hydrogen) atoms. The Morgan fingerprint density at radius 1 is 1.21 bits per heavy atom. The van der Waals surface area contributed by atoms with Gasteiger partial charge in [0.25, 0.3) is 5.91 Å². The zero-order valence-corrected chi connectivity index (χ0v) is 18.9. The lowest BCUT2D eigenvalue weighted by atomic mass is 9.99. The lowest BCUT2D eigenvalue weighted by molar-refractivity contribution is 0.0784. The van der Waals surface area contributed by atoms with Crippen LogP contribution in [0, 0.1) is 18.8 Å². The molecule has 3 aromatic rings. The molecule has 9 nitrogen and oxygen atoms in total. The average molecular weight is 447 g/mol. The van der Waals surface area contributed by atoms with Crippen LogP contribution in [-0.4, -0.2) is 62.6 Å². The number of hydrogen-bond donors (Lipinski definition) is 0. The molecule has 1 amide bonds. The minimum atomic E-state index is -0.0281. The molecule has 2 aromatic heterocycles. The summed E-state index contributed by atoms with van der Waals surface area (Å²) in [6, 6.07) is 5.36. The van der Waals surface area contributed by atoms with Crippen molar-refractivity contribution in [1.29, 1.82) is 0 Å². The molecule has 2 unspecified atom stereocenters. The number of hydrogen-bond acceptors (Lipinski definition) is 7. The maximum atomic E-state index is 13.5. The Morgan fingerprint density at radius 3 is 2.76 bits per heavy atom.